The Hall–Kier alpha value is -0.0300. The van der Waals surface area contributed by atoms with Crippen molar-refractivity contribution in [3.05, 3.63) is 22.4 Å². The predicted octanol–water partition coefficient (Wildman–Crippen LogP) is 3.47. The molecule has 0 bridgehead atoms. The molecule has 0 radical (unpaired) electrons. The van der Waals surface area contributed by atoms with Crippen molar-refractivity contribution in [1.29, 1.82) is 0 Å². The highest BCUT2D eigenvalue weighted by Crippen LogP contribution is 2.17. The molecular formula is C14H26N2S2. The summed E-state index contributed by atoms with van der Waals surface area (Å²) in [5, 5.41) is 5.73. The lowest BCUT2D eigenvalue weighted by Gasteiger charge is -2.25. The van der Waals surface area contributed by atoms with E-state index in [0.717, 1.165) is 13.1 Å². The number of hydrogen-bond donors (Lipinski definition) is 1. The summed E-state index contributed by atoms with van der Waals surface area (Å²) >= 11 is 3.76. The molecule has 0 spiro atoms. The smallest absolute Gasteiger partial charge is 0.0386 e. The lowest BCUT2D eigenvalue weighted by molar-refractivity contribution is 0.250. The maximum absolute atomic E-state index is 3.59. The number of rotatable bonds is 9. The molecule has 104 valence electrons. The number of thiophene rings is 1. The van der Waals surface area contributed by atoms with E-state index in [9.17, 15) is 0 Å². The molecule has 0 saturated carbocycles. The van der Waals surface area contributed by atoms with Crippen LogP contribution in [0, 0.1) is 0 Å². The molecule has 1 N–H and O–H groups in total. The van der Waals surface area contributed by atoms with Crippen molar-refractivity contribution in [2.45, 2.75) is 32.4 Å². The van der Waals surface area contributed by atoms with Gasteiger partial charge in [-0.25, -0.2) is 0 Å². The van der Waals surface area contributed by atoms with E-state index in [1.807, 2.05) is 23.1 Å². The van der Waals surface area contributed by atoms with Crippen LogP contribution < -0.4 is 5.32 Å². The highest BCUT2D eigenvalue weighted by molar-refractivity contribution is 7.98. The Morgan fingerprint density at radius 2 is 2.22 bits per heavy atom. The van der Waals surface area contributed by atoms with Crippen LogP contribution in [-0.4, -0.2) is 43.1 Å². The van der Waals surface area contributed by atoms with Gasteiger partial charge >= 0.3 is 0 Å². The fraction of sp³-hybridized carbons (Fsp3) is 0.714. The van der Waals surface area contributed by atoms with Gasteiger partial charge in [0.2, 0.25) is 0 Å². The van der Waals surface area contributed by atoms with E-state index in [0.29, 0.717) is 12.1 Å². The van der Waals surface area contributed by atoms with Gasteiger partial charge in [-0.2, -0.15) is 11.8 Å². The summed E-state index contributed by atoms with van der Waals surface area (Å²) in [6, 6.07) is 5.47. The van der Waals surface area contributed by atoms with Crippen LogP contribution >= 0.6 is 23.1 Å². The minimum atomic E-state index is 0.472. The molecule has 0 aromatic carbocycles. The van der Waals surface area contributed by atoms with Gasteiger partial charge in [-0.15, -0.1) is 11.3 Å². The Morgan fingerprint density at radius 3 is 2.83 bits per heavy atom. The first-order chi connectivity index (χ1) is 8.65. The molecule has 0 amide bonds. The largest absolute Gasteiger partial charge is 0.308 e. The number of thioether (sulfide) groups is 1. The molecule has 0 aliphatic heterocycles. The predicted molar refractivity (Wildman–Crippen MR) is 85.8 cm³/mol. The van der Waals surface area contributed by atoms with Gasteiger partial charge in [-0.1, -0.05) is 6.07 Å². The number of nitrogens with one attached hydrogen (secondary N) is 1. The van der Waals surface area contributed by atoms with Crippen LogP contribution in [-0.2, 0) is 0 Å². The van der Waals surface area contributed by atoms with E-state index >= 15 is 0 Å². The second-order valence-electron chi connectivity index (χ2n) is 4.80. The van der Waals surface area contributed by atoms with E-state index in [1.54, 1.807) is 0 Å². The zero-order chi connectivity index (χ0) is 13.4. The molecule has 0 saturated heterocycles. The number of hydrogen-bond acceptors (Lipinski definition) is 4. The molecule has 0 fully saturated rings. The van der Waals surface area contributed by atoms with Crippen LogP contribution in [0.1, 0.15) is 31.2 Å². The van der Waals surface area contributed by atoms with E-state index in [2.05, 4.69) is 54.9 Å². The van der Waals surface area contributed by atoms with Crippen molar-refractivity contribution in [2.24, 2.45) is 0 Å². The van der Waals surface area contributed by atoms with Gasteiger partial charge in [0.1, 0.15) is 0 Å². The lowest BCUT2D eigenvalue weighted by atomic mass is 10.2. The molecule has 1 aromatic heterocycles. The molecule has 18 heavy (non-hydrogen) atoms. The Morgan fingerprint density at radius 1 is 1.44 bits per heavy atom. The summed E-state index contributed by atoms with van der Waals surface area (Å²) in [6.07, 6.45) is 3.45. The number of nitrogens with zero attached hydrogens (tertiary/aromatic N) is 1. The van der Waals surface area contributed by atoms with E-state index in [-0.39, 0.29) is 0 Å². The maximum atomic E-state index is 3.59. The first kappa shape index (κ1) is 16.0. The first-order valence-electron chi connectivity index (χ1n) is 6.61. The van der Waals surface area contributed by atoms with Gasteiger partial charge in [0, 0.05) is 30.1 Å². The fourth-order valence-corrected chi connectivity index (χ4v) is 3.16. The maximum Gasteiger partial charge on any atom is 0.0386 e. The van der Waals surface area contributed by atoms with Gasteiger partial charge in [-0.3, -0.25) is 0 Å². The summed E-state index contributed by atoms with van der Waals surface area (Å²) < 4.78 is 0. The van der Waals surface area contributed by atoms with E-state index in [4.69, 9.17) is 0 Å². The second-order valence-corrected chi connectivity index (χ2v) is 6.77. The van der Waals surface area contributed by atoms with Gasteiger partial charge in [0.05, 0.1) is 0 Å². The van der Waals surface area contributed by atoms with Gasteiger partial charge in [0.25, 0.3) is 0 Å². The average molecular weight is 287 g/mol. The van der Waals surface area contributed by atoms with Crippen LogP contribution in [0.4, 0.5) is 0 Å². The third-order valence-corrected chi connectivity index (χ3v) is 5.08. The van der Waals surface area contributed by atoms with Gasteiger partial charge in [-0.05, 0) is 50.8 Å². The summed E-state index contributed by atoms with van der Waals surface area (Å²) in [5.74, 6) is 1.25. The van der Waals surface area contributed by atoms with Crippen LogP contribution in [0.3, 0.4) is 0 Å². The molecule has 2 unspecified atom stereocenters. The normalized spacial score (nSPS) is 14.9. The first-order valence-corrected chi connectivity index (χ1v) is 8.88. The second kappa shape index (κ2) is 8.97. The minimum absolute atomic E-state index is 0.472. The average Bonchev–Trinajstić information content (AvgIpc) is 2.89. The Bertz CT molecular complexity index is 301. The third kappa shape index (κ3) is 5.74. The fourth-order valence-electron chi connectivity index (χ4n) is 1.82. The van der Waals surface area contributed by atoms with Crippen molar-refractivity contribution in [1.82, 2.24) is 10.2 Å². The van der Waals surface area contributed by atoms with Crippen molar-refractivity contribution < 1.29 is 0 Å². The van der Waals surface area contributed by atoms with Crippen LogP contribution in [0.15, 0.2) is 17.5 Å². The molecular weight excluding hydrogens is 260 g/mol. The Labute approximate surface area is 120 Å². The van der Waals surface area contributed by atoms with Crippen LogP contribution in [0.25, 0.3) is 0 Å². The lowest BCUT2D eigenvalue weighted by Crippen LogP contribution is -2.36. The van der Waals surface area contributed by atoms with Crippen molar-refractivity contribution >= 4 is 23.1 Å². The quantitative estimate of drug-likeness (QED) is 0.748. The highest BCUT2D eigenvalue weighted by atomic mass is 32.2. The Balaban J connectivity index is 2.16. The van der Waals surface area contributed by atoms with E-state index < -0.39 is 0 Å². The number of likely N-dealkylation sites (N-methyl/N-ethyl adjacent to an activating group) is 1. The van der Waals surface area contributed by atoms with Crippen molar-refractivity contribution in [3.63, 3.8) is 0 Å². The summed E-state index contributed by atoms with van der Waals surface area (Å²) in [6.45, 7) is 6.73. The molecule has 0 aliphatic carbocycles. The zero-order valence-corrected chi connectivity index (χ0v) is 13.6. The third-order valence-electron chi connectivity index (χ3n) is 3.38. The van der Waals surface area contributed by atoms with Crippen LogP contribution in [0.2, 0.25) is 0 Å². The van der Waals surface area contributed by atoms with Crippen LogP contribution in [0.5, 0.6) is 0 Å². The van der Waals surface area contributed by atoms with Crippen molar-refractivity contribution in [2.75, 3.05) is 32.1 Å². The zero-order valence-electron chi connectivity index (χ0n) is 12.0. The highest BCUT2D eigenvalue weighted by Gasteiger charge is 2.09. The standard InChI is InChI=1S/C14H26N2S2/c1-12(7-11-17-4)16(3)9-8-15-13(2)14-6-5-10-18-14/h5-6,10,12-13,15H,7-9,11H2,1-4H3. The van der Waals surface area contributed by atoms with E-state index in [1.165, 1.54) is 17.1 Å². The summed E-state index contributed by atoms with van der Waals surface area (Å²) in [4.78, 5) is 3.87. The SMILES string of the molecule is CSCCC(C)N(C)CCNC(C)c1cccs1. The molecule has 2 nitrogen and oxygen atoms in total. The van der Waals surface area contributed by atoms with Gasteiger partial charge in [0.15, 0.2) is 0 Å². The monoisotopic (exact) mass is 286 g/mol. The molecule has 1 rings (SSSR count). The van der Waals surface area contributed by atoms with Gasteiger partial charge < -0.3 is 10.2 Å². The molecule has 1 aromatic rings. The molecule has 1 heterocycles. The Kier molecular flexibility index (Phi) is 7.98. The molecule has 0 aliphatic rings. The summed E-state index contributed by atoms with van der Waals surface area (Å²) in [7, 11) is 2.22. The minimum Gasteiger partial charge on any atom is -0.308 e. The topological polar surface area (TPSA) is 15.3 Å². The van der Waals surface area contributed by atoms with Crippen molar-refractivity contribution in [3.8, 4) is 0 Å². The molecule has 4 heteroatoms. The molecule has 2 atom stereocenters. The summed E-state index contributed by atoms with van der Waals surface area (Å²) in [5.41, 5.74) is 0.